The second kappa shape index (κ2) is 5.61. The van der Waals surface area contributed by atoms with Crippen LogP contribution in [0.5, 0.6) is 0 Å². The molecular formula is C11H17ClN2O2. The van der Waals surface area contributed by atoms with E-state index in [9.17, 15) is 4.79 Å². The zero-order chi connectivity index (χ0) is 11.5. The molecule has 1 aromatic rings. The fraction of sp³-hybridized carbons (Fsp3) is 0.364. The highest BCUT2D eigenvalue weighted by Crippen LogP contribution is 2.13. The van der Waals surface area contributed by atoms with E-state index in [1.54, 1.807) is 24.3 Å². The van der Waals surface area contributed by atoms with Crippen LogP contribution in [0.25, 0.3) is 0 Å². The first-order valence-corrected chi connectivity index (χ1v) is 4.72. The predicted octanol–water partition coefficient (Wildman–Crippen LogP) is 3.04. The van der Waals surface area contributed by atoms with E-state index in [1.807, 2.05) is 20.8 Å². The van der Waals surface area contributed by atoms with Crippen LogP contribution in [0.2, 0.25) is 0 Å². The van der Waals surface area contributed by atoms with Crippen LogP contribution < -0.4 is 11.1 Å². The average molecular weight is 245 g/mol. The van der Waals surface area contributed by atoms with E-state index in [4.69, 9.17) is 10.5 Å². The predicted molar refractivity (Wildman–Crippen MR) is 68.0 cm³/mol. The number of hydrogen-bond donors (Lipinski definition) is 2. The molecule has 3 N–H and O–H groups in total. The summed E-state index contributed by atoms with van der Waals surface area (Å²) in [4.78, 5) is 11.3. The molecule has 0 atom stereocenters. The SMILES string of the molecule is CC(C)(C)OC(=O)Nc1ccc(N)cc1.Cl. The largest absolute Gasteiger partial charge is 0.444 e. The summed E-state index contributed by atoms with van der Waals surface area (Å²) in [5.74, 6) is 0. The third-order valence-electron chi connectivity index (χ3n) is 1.56. The van der Waals surface area contributed by atoms with Gasteiger partial charge in [-0.25, -0.2) is 4.79 Å². The van der Waals surface area contributed by atoms with Crippen LogP contribution in [0.15, 0.2) is 24.3 Å². The quantitative estimate of drug-likeness (QED) is 0.747. The van der Waals surface area contributed by atoms with Gasteiger partial charge in [-0.05, 0) is 45.0 Å². The molecule has 0 fully saturated rings. The van der Waals surface area contributed by atoms with E-state index in [0.717, 1.165) is 0 Å². The van der Waals surface area contributed by atoms with Crippen molar-refractivity contribution < 1.29 is 9.53 Å². The minimum Gasteiger partial charge on any atom is -0.444 e. The van der Waals surface area contributed by atoms with Gasteiger partial charge in [0.25, 0.3) is 0 Å². The summed E-state index contributed by atoms with van der Waals surface area (Å²) in [6, 6.07) is 6.87. The molecule has 0 aliphatic heterocycles. The maximum Gasteiger partial charge on any atom is 0.412 e. The van der Waals surface area contributed by atoms with Gasteiger partial charge in [0, 0.05) is 11.4 Å². The van der Waals surface area contributed by atoms with Crippen LogP contribution in [0.3, 0.4) is 0 Å². The number of halogens is 1. The summed E-state index contributed by atoms with van der Waals surface area (Å²) in [5.41, 5.74) is 6.35. The first-order chi connectivity index (χ1) is 6.87. The molecule has 0 unspecified atom stereocenters. The number of ether oxygens (including phenoxy) is 1. The molecule has 0 bridgehead atoms. The van der Waals surface area contributed by atoms with Crippen molar-refractivity contribution in [3.8, 4) is 0 Å². The second-order valence-electron chi connectivity index (χ2n) is 4.25. The van der Waals surface area contributed by atoms with Crippen LogP contribution in [0.4, 0.5) is 16.2 Å². The Morgan fingerprint density at radius 2 is 1.75 bits per heavy atom. The second-order valence-corrected chi connectivity index (χ2v) is 4.25. The van der Waals surface area contributed by atoms with Crippen LogP contribution in [-0.2, 0) is 4.74 Å². The lowest BCUT2D eigenvalue weighted by Gasteiger charge is -2.19. The highest BCUT2D eigenvalue weighted by atomic mass is 35.5. The molecule has 4 nitrogen and oxygen atoms in total. The van der Waals surface area contributed by atoms with Crippen LogP contribution in [0.1, 0.15) is 20.8 Å². The number of anilines is 2. The number of rotatable bonds is 1. The topological polar surface area (TPSA) is 64.3 Å². The fourth-order valence-corrected chi connectivity index (χ4v) is 0.988. The molecule has 0 aromatic heterocycles. The molecule has 0 aliphatic rings. The summed E-state index contributed by atoms with van der Waals surface area (Å²) in [7, 11) is 0. The molecule has 90 valence electrons. The lowest BCUT2D eigenvalue weighted by molar-refractivity contribution is 0.0636. The summed E-state index contributed by atoms with van der Waals surface area (Å²) in [6.07, 6.45) is -0.465. The maximum atomic E-state index is 11.3. The third-order valence-corrected chi connectivity index (χ3v) is 1.56. The Bertz CT molecular complexity index is 344. The summed E-state index contributed by atoms with van der Waals surface area (Å²) >= 11 is 0. The van der Waals surface area contributed by atoms with Crippen LogP contribution in [0, 0.1) is 0 Å². The van der Waals surface area contributed by atoms with E-state index in [0.29, 0.717) is 11.4 Å². The van der Waals surface area contributed by atoms with Crippen molar-refractivity contribution in [3.05, 3.63) is 24.3 Å². The van der Waals surface area contributed by atoms with Crippen molar-refractivity contribution in [1.82, 2.24) is 0 Å². The van der Waals surface area contributed by atoms with Gasteiger partial charge in [0.05, 0.1) is 0 Å². The number of carbonyl (C=O) groups excluding carboxylic acids is 1. The van der Waals surface area contributed by atoms with Gasteiger partial charge in [-0.1, -0.05) is 0 Å². The highest BCUT2D eigenvalue weighted by molar-refractivity contribution is 5.85. The molecule has 0 heterocycles. The van der Waals surface area contributed by atoms with E-state index < -0.39 is 11.7 Å². The van der Waals surface area contributed by atoms with Crippen LogP contribution in [-0.4, -0.2) is 11.7 Å². The number of nitrogen functional groups attached to an aromatic ring is 1. The summed E-state index contributed by atoms with van der Waals surface area (Å²) in [5, 5.41) is 2.61. The molecule has 1 rings (SSSR count). The van der Waals surface area contributed by atoms with Crippen molar-refractivity contribution in [1.29, 1.82) is 0 Å². The monoisotopic (exact) mass is 244 g/mol. The maximum absolute atomic E-state index is 11.3. The minimum absolute atomic E-state index is 0. The zero-order valence-electron chi connectivity index (χ0n) is 9.61. The average Bonchev–Trinajstić information content (AvgIpc) is 2.05. The first-order valence-electron chi connectivity index (χ1n) is 4.72. The molecule has 1 aromatic carbocycles. The Morgan fingerprint density at radius 3 is 2.19 bits per heavy atom. The smallest absolute Gasteiger partial charge is 0.412 e. The lowest BCUT2D eigenvalue weighted by atomic mass is 10.2. The molecule has 0 saturated carbocycles. The van der Waals surface area contributed by atoms with Crippen molar-refractivity contribution in [2.45, 2.75) is 26.4 Å². The Balaban J connectivity index is 0.00000225. The Labute approximate surface area is 102 Å². The molecule has 1 amide bonds. The minimum atomic E-state index is -0.488. The van der Waals surface area contributed by atoms with Gasteiger partial charge in [0.15, 0.2) is 0 Å². The van der Waals surface area contributed by atoms with Crippen molar-refractivity contribution in [2.24, 2.45) is 0 Å². The number of nitrogens with one attached hydrogen (secondary N) is 1. The number of carbonyl (C=O) groups is 1. The van der Waals surface area contributed by atoms with Gasteiger partial charge in [0.1, 0.15) is 5.60 Å². The molecule has 0 spiro atoms. The number of benzene rings is 1. The van der Waals surface area contributed by atoms with Gasteiger partial charge < -0.3 is 10.5 Å². The van der Waals surface area contributed by atoms with Gasteiger partial charge in [0.2, 0.25) is 0 Å². The van der Waals surface area contributed by atoms with Gasteiger partial charge >= 0.3 is 6.09 Å². The summed E-state index contributed by atoms with van der Waals surface area (Å²) < 4.78 is 5.09. The van der Waals surface area contributed by atoms with Gasteiger partial charge in [-0.3, -0.25) is 5.32 Å². The van der Waals surface area contributed by atoms with Crippen LogP contribution >= 0.6 is 12.4 Å². The van der Waals surface area contributed by atoms with Gasteiger partial charge in [-0.2, -0.15) is 0 Å². The number of hydrogen-bond acceptors (Lipinski definition) is 3. The Hall–Kier alpha value is -1.42. The lowest BCUT2D eigenvalue weighted by Crippen LogP contribution is -2.27. The first kappa shape index (κ1) is 14.6. The van der Waals surface area contributed by atoms with Crippen molar-refractivity contribution >= 4 is 29.9 Å². The molecule has 5 heteroatoms. The van der Waals surface area contributed by atoms with E-state index in [-0.39, 0.29) is 12.4 Å². The van der Waals surface area contributed by atoms with Gasteiger partial charge in [-0.15, -0.1) is 12.4 Å². The highest BCUT2D eigenvalue weighted by Gasteiger charge is 2.15. The zero-order valence-corrected chi connectivity index (χ0v) is 10.4. The normalized spacial score (nSPS) is 10.2. The van der Waals surface area contributed by atoms with E-state index in [1.165, 1.54) is 0 Å². The molecular weight excluding hydrogens is 228 g/mol. The third kappa shape index (κ3) is 5.46. The molecule has 0 radical (unpaired) electrons. The Kier molecular flexibility index (Phi) is 5.11. The fourth-order valence-electron chi connectivity index (χ4n) is 0.988. The number of nitrogens with two attached hydrogens (primary N) is 1. The van der Waals surface area contributed by atoms with Crippen molar-refractivity contribution in [3.63, 3.8) is 0 Å². The van der Waals surface area contributed by atoms with E-state index in [2.05, 4.69) is 5.32 Å². The standard InChI is InChI=1S/C11H16N2O2.ClH/c1-11(2,3)15-10(14)13-9-6-4-8(12)5-7-9;/h4-7H,12H2,1-3H3,(H,13,14);1H. The Morgan fingerprint density at radius 1 is 1.25 bits per heavy atom. The van der Waals surface area contributed by atoms with Crippen molar-refractivity contribution in [2.75, 3.05) is 11.1 Å². The molecule has 0 saturated heterocycles. The van der Waals surface area contributed by atoms with E-state index >= 15 is 0 Å². The number of amides is 1. The molecule has 16 heavy (non-hydrogen) atoms. The summed E-state index contributed by atoms with van der Waals surface area (Å²) in [6.45, 7) is 5.45. The molecule has 0 aliphatic carbocycles.